The van der Waals surface area contributed by atoms with Gasteiger partial charge in [-0.15, -0.1) is 0 Å². The fraction of sp³-hybridized carbons (Fsp3) is 0.778. The minimum absolute atomic E-state index is 0.00442. The number of unbranched alkanes of at least 4 members (excludes halogenated alkanes) is 2. The molecule has 0 bridgehead atoms. The Morgan fingerprint density at radius 1 is 1.62 bits per heavy atom. The molecule has 0 rings (SSSR count). The predicted molar refractivity (Wildman–Crippen MR) is 47.1 cm³/mol. The van der Waals surface area contributed by atoms with Gasteiger partial charge in [-0.3, -0.25) is 4.79 Å². The minimum Gasteiger partial charge on any atom is -0.480 e. The molecule has 0 fully saturated rings. The fourth-order valence-corrected chi connectivity index (χ4v) is 0.819. The van der Waals surface area contributed by atoms with E-state index in [1.165, 1.54) is 0 Å². The summed E-state index contributed by atoms with van der Waals surface area (Å²) >= 11 is 0. The summed E-state index contributed by atoms with van der Waals surface area (Å²) in [6, 6.07) is 1.67. The first-order valence-corrected chi connectivity index (χ1v) is 4.42. The van der Waals surface area contributed by atoms with Crippen molar-refractivity contribution in [1.29, 1.82) is 5.26 Å². The summed E-state index contributed by atoms with van der Waals surface area (Å²) in [5, 5.41) is 16.9. The van der Waals surface area contributed by atoms with Crippen LogP contribution in [0.5, 0.6) is 0 Å². The van der Waals surface area contributed by atoms with Crippen molar-refractivity contribution < 1.29 is 14.6 Å². The molecule has 0 aliphatic rings. The minimum atomic E-state index is -1.11. The molecule has 1 N–H and O–H groups in total. The molecule has 0 aromatic rings. The van der Waals surface area contributed by atoms with E-state index in [2.05, 4.69) is 6.92 Å². The Balaban J connectivity index is 3.41. The number of hydrogen-bond acceptors (Lipinski definition) is 3. The molecule has 4 heteroatoms. The molecular weight excluding hydrogens is 170 g/mol. The molecule has 0 radical (unpaired) electrons. The molecular formula is C9H15NO3. The highest BCUT2D eigenvalue weighted by molar-refractivity contribution is 5.72. The van der Waals surface area contributed by atoms with E-state index in [4.69, 9.17) is 15.1 Å². The third-order valence-electron chi connectivity index (χ3n) is 1.63. The Morgan fingerprint density at radius 3 is 2.77 bits per heavy atom. The number of carboxylic acids is 1. The zero-order chi connectivity index (χ0) is 10.1. The van der Waals surface area contributed by atoms with Gasteiger partial charge in [0.1, 0.15) is 0 Å². The third kappa shape index (κ3) is 6.12. The fourth-order valence-electron chi connectivity index (χ4n) is 0.819. The first-order valence-electron chi connectivity index (χ1n) is 4.42. The summed E-state index contributed by atoms with van der Waals surface area (Å²) in [5.74, 6) is -2.14. The second kappa shape index (κ2) is 7.56. The number of ether oxygens (including phenoxy) is 1. The van der Waals surface area contributed by atoms with Crippen molar-refractivity contribution in [3.63, 3.8) is 0 Å². The van der Waals surface area contributed by atoms with Gasteiger partial charge in [-0.05, 0) is 6.42 Å². The van der Waals surface area contributed by atoms with Crippen LogP contribution in [0.2, 0.25) is 0 Å². The van der Waals surface area contributed by atoms with Crippen LogP contribution >= 0.6 is 0 Å². The van der Waals surface area contributed by atoms with E-state index < -0.39 is 11.9 Å². The molecule has 0 heterocycles. The van der Waals surface area contributed by atoms with Crippen LogP contribution in [0.15, 0.2) is 0 Å². The second-order valence-electron chi connectivity index (χ2n) is 2.80. The average molecular weight is 185 g/mol. The molecule has 0 aliphatic carbocycles. The lowest BCUT2D eigenvalue weighted by molar-refractivity contribution is -0.141. The average Bonchev–Trinajstić information content (AvgIpc) is 2.10. The number of carboxylic acid groups (broad SMARTS) is 1. The van der Waals surface area contributed by atoms with Crippen LogP contribution < -0.4 is 0 Å². The van der Waals surface area contributed by atoms with Crippen LogP contribution in [0.25, 0.3) is 0 Å². The summed E-state index contributed by atoms with van der Waals surface area (Å²) < 4.78 is 5.05. The molecule has 0 aliphatic heterocycles. The smallest absolute Gasteiger partial charge is 0.323 e. The van der Waals surface area contributed by atoms with Gasteiger partial charge in [0.2, 0.25) is 0 Å². The van der Waals surface area contributed by atoms with E-state index >= 15 is 0 Å². The Hall–Kier alpha value is -1.08. The molecule has 0 saturated carbocycles. The van der Waals surface area contributed by atoms with Gasteiger partial charge in [-0.1, -0.05) is 19.8 Å². The van der Waals surface area contributed by atoms with Crippen LogP contribution in [-0.4, -0.2) is 24.3 Å². The Morgan fingerprint density at radius 2 is 2.31 bits per heavy atom. The Kier molecular flexibility index (Phi) is 6.93. The number of nitriles is 1. The van der Waals surface area contributed by atoms with E-state index in [1.807, 2.05) is 0 Å². The molecule has 0 spiro atoms. The highest BCUT2D eigenvalue weighted by Gasteiger charge is 2.15. The van der Waals surface area contributed by atoms with Gasteiger partial charge in [0, 0.05) is 6.61 Å². The third-order valence-corrected chi connectivity index (χ3v) is 1.63. The van der Waals surface area contributed by atoms with Gasteiger partial charge in [0.15, 0.2) is 5.92 Å². The van der Waals surface area contributed by atoms with Gasteiger partial charge in [0.25, 0.3) is 0 Å². The topological polar surface area (TPSA) is 70.3 Å². The lowest BCUT2D eigenvalue weighted by Gasteiger charge is -2.04. The highest BCUT2D eigenvalue weighted by atomic mass is 16.5. The van der Waals surface area contributed by atoms with Crippen molar-refractivity contribution in [2.75, 3.05) is 13.2 Å². The predicted octanol–water partition coefficient (Wildman–Crippen LogP) is 1.42. The number of aliphatic carboxylic acids is 1. The van der Waals surface area contributed by atoms with Crippen LogP contribution in [0.1, 0.15) is 26.2 Å². The van der Waals surface area contributed by atoms with Crippen molar-refractivity contribution in [2.24, 2.45) is 5.92 Å². The normalized spacial score (nSPS) is 12.0. The maximum atomic E-state index is 10.3. The molecule has 1 unspecified atom stereocenters. The summed E-state index contributed by atoms with van der Waals surface area (Å²) in [6.07, 6.45) is 3.10. The Labute approximate surface area is 78.1 Å². The highest BCUT2D eigenvalue weighted by Crippen LogP contribution is 1.98. The standard InChI is InChI=1S/C9H15NO3/c1-2-3-4-5-13-7-8(6-10)9(11)12/h8H,2-5,7H2,1H3,(H,11,12). The molecule has 0 aromatic carbocycles. The summed E-state index contributed by atoms with van der Waals surface area (Å²) in [7, 11) is 0. The van der Waals surface area contributed by atoms with Gasteiger partial charge in [-0.25, -0.2) is 0 Å². The van der Waals surface area contributed by atoms with Gasteiger partial charge >= 0.3 is 5.97 Å². The summed E-state index contributed by atoms with van der Waals surface area (Å²) in [5.41, 5.74) is 0. The van der Waals surface area contributed by atoms with Crippen LogP contribution in [0.3, 0.4) is 0 Å². The van der Waals surface area contributed by atoms with E-state index in [0.29, 0.717) is 6.61 Å². The van der Waals surface area contributed by atoms with Crippen molar-refractivity contribution >= 4 is 5.97 Å². The maximum Gasteiger partial charge on any atom is 0.323 e. The zero-order valence-electron chi connectivity index (χ0n) is 7.82. The maximum absolute atomic E-state index is 10.3. The molecule has 0 saturated heterocycles. The number of rotatable bonds is 7. The van der Waals surface area contributed by atoms with Gasteiger partial charge in [0.05, 0.1) is 12.7 Å². The van der Waals surface area contributed by atoms with E-state index in [9.17, 15) is 4.79 Å². The van der Waals surface area contributed by atoms with Crippen molar-refractivity contribution in [3.8, 4) is 6.07 Å². The van der Waals surface area contributed by atoms with Crippen molar-refractivity contribution in [1.82, 2.24) is 0 Å². The number of carbonyl (C=O) groups is 1. The number of hydrogen-bond donors (Lipinski definition) is 1. The van der Waals surface area contributed by atoms with E-state index in [0.717, 1.165) is 19.3 Å². The monoisotopic (exact) mass is 185 g/mol. The lowest BCUT2D eigenvalue weighted by atomic mass is 10.2. The first-order chi connectivity index (χ1) is 6.22. The summed E-state index contributed by atoms with van der Waals surface area (Å²) in [6.45, 7) is 2.62. The van der Waals surface area contributed by atoms with Crippen LogP contribution in [0, 0.1) is 17.2 Å². The molecule has 13 heavy (non-hydrogen) atoms. The quantitative estimate of drug-likeness (QED) is 0.609. The number of nitrogens with zero attached hydrogens (tertiary/aromatic N) is 1. The molecule has 0 amide bonds. The molecule has 4 nitrogen and oxygen atoms in total. The second-order valence-corrected chi connectivity index (χ2v) is 2.80. The molecule has 1 atom stereocenters. The largest absolute Gasteiger partial charge is 0.480 e. The first kappa shape index (κ1) is 11.9. The zero-order valence-corrected chi connectivity index (χ0v) is 7.82. The lowest BCUT2D eigenvalue weighted by Crippen LogP contribution is -2.18. The van der Waals surface area contributed by atoms with Crippen molar-refractivity contribution in [3.05, 3.63) is 0 Å². The van der Waals surface area contributed by atoms with E-state index in [-0.39, 0.29) is 6.61 Å². The van der Waals surface area contributed by atoms with Gasteiger partial charge in [-0.2, -0.15) is 5.26 Å². The van der Waals surface area contributed by atoms with Crippen LogP contribution in [-0.2, 0) is 9.53 Å². The van der Waals surface area contributed by atoms with Gasteiger partial charge < -0.3 is 9.84 Å². The van der Waals surface area contributed by atoms with E-state index in [1.54, 1.807) is 6.07 Å². The van der Waals surface area contributed by atoms with Crippen LogP contribution in [0.4, 0.5) is 0 Å². The molecule has 0 aromatic heterocycles. The Bertz CT molecular complexity index is 186. The summed E-state index contributed by atoms with van der Waals surface area (Å²) in [4.78, 5) is 10.3. The van der Waals surface area contributed by atoms with Crippen molar-refractivity contribution in [2.45, 2.75) is 26.2 Å². The SMILES string of the molecule is CCCCCOCC(C#N)C(=O)O. The molecule has 74 valence electrons.